The first-order valence-electron chi connectivity index (χ1n) is 5.89. The highest BCUT2D eigenvalue weighted by atomic mass is 16.4. The number of nitrogens with zero attached hydrogens (tertiary/aromatic N) is 2. The van der Waals surface area contributed by atoms with E-state index in [-0.39, 0.29) is 5.56 Å². The predicted molar refractivity (Wildman–Crippen MR) is 72.9 cm³/mol. The van der Waals surface area contributed by atoms with Crippen LogP contribution in [-0.4, -0.2) is 21.0 Å². The van der Waals surface area contributed by atoms with Gasteiger partial charge in [0.05, 0.1) is 5.56 Å². The second-order valence-corrected chi connectivity index (χ2v) is 4.40. The van der Waals surface area contributed by atoms with Gasteiger partial charge in [-0.2, -0.15) is 0 Å². The number of aryl methyl sites for hydroxylation is 3. The lowest BCUT2D eigenvalue weighted by Gasteiger charge is -2.09. The zero-order valence-corrected chi connectivity index (χ0v) is 11.1. The summed E-state index contributed by atoms with van der Waals surface area (Å²) in [5.74, 6) is 0.398. The first-order valence-corrected chi connectivity index (χ1v) is 5.89. The molecule has 0 atom stereocenters. The predicted octanol–water partition coefficient (Wildman–Crippen LogP) is 2.84. The third-order valence-corrected chi connectivity index (χ3v) is 2.71. The van der Waals surface area contributed by atoms with Crippen LogP contribution in [0.25, 0.3) is 0 Å². The quantitative estimate of drug-likeness (QED) is 0.884. The Bertz CT molecular complexity index is 618. The number of aromatic carboxylic acids is 1. The minimum absolute atomic E-state index is 0.285. The molecule has 0 saturated heterocycles. The van der Waals surface area contributed by atoms with E-state index in [0.29, 0.717) is 17.3 Å². The number of rotatable bonds is 3. The Balaban J connectivity index is 2.33. The number of aromatic nitrogens is 2. The summed E-state index contributed by atoms with van der Waals surface area (Å²) >= 11 is 0. The molecule has 0 aliphatic carbocycles. The summed E-state index contributed by atoms with van der Waals surface area (Å²) in [6, 6.07) is 7.01. The van der Waals surface area contributed by atoms with Crippen LogP contribution >= 0.6 is 0 Å². The molecule has 0 unspecified atom stereocenters. The monoisotopic (exact) mass is 257 g/mol. The number of carboxylic acid groups (broad SMARTS) is 1. The Hall–Kier alpha value is -2.43. The fourth-order valence-electron chi connectivity index (χ4n) is 1.86. The van der Waals surface area contributed by atoms with E-state index in [1.807, 2.05) is 26.0 Å². The van der Waals surface area contributed by atoms with Gasteiger partial charge in [-0.15, -0.1) is 0 Å². The van der Waals surface area contributed by atoms with Crippen LogP contribution in [0.15, 0.2) is 24.3 Å². The Morgan fingerprint density at radius 3 is 2.53 bits per heavy atom. The van der Waals surface area contributed by atoms with E-state index in [1.54, 1.807) is 19.1 Å². The van der Waals surface area contributed by atoms with Crippen molar-refractivity contribution in [3.8, 4) is 0 Å². The van der Waals surface area contributed by atoms with Crippen molar-refractivity contribution < 1.29 is 9.90 Å². The van der Waals surface area contributed by atoms with Crippen molar-refractivity contribution in [2.24, 2.45) is 0 Å². The van der Waals surface area contributed by atoms with Gasteiger partial charge < -0.3 is 10.4 Å². The van der Waals surface area contributed by atoms with Gasteiger partial charge in [0.1, 0.15) is 11.6 Å². The fraction of sp³-hybridized carbons (Fsp3) is 0.214. The van der Waals surface area contributed by atoms with Gasteiger partial charge in [0, 0.05) is 17.4 Å². The van der Waals surface area contributed by atoms with E-state index in [0.717, 1.165) is 11.3 Å². The smallest absolute Gasteiger partial charge is 0.336 e. The average Bonchev–Trinajstić information content (AvgIpc) is 2.30. The van der Waals surface area contributed by atoms with E-state index in [9.17, 15) is 4.79 Å². The van der Waals surface area contributed by atoms with Gasteiger partial charge in [0.25, 0.3) is 0 Å². The molecule has 0 radical (unpaired) electrons. The SMILES string of the molecule is Cc1cc(Nc2ccc(C)c(C(=O)O)c2)nc(C)n1. The molecule has 0 saturated carbocycles. The highest BCUT2D eigenvalue weighted by molar-refractivity contribution is 5.90. The second-order valence-electron chi connectivity index (χ2n) is 4.40. The van der Waals surface area contributed by atoms with Crippen LogP contribution in [0.1, 0.15) is 27.4 Å². The highest BCUT2D eigenvalue weighted by Crippen LogP contribution is 2.19. The third-order valence-electron chi connectivity index (χ3n) is 2.71. The summed E-state index contributed by atoms with van der Waals surface area (Å²) in [6.07, 6.45) is 0. The summed E-state index contributed by atoms with van der Waals surface area (Å²) in [7, 11) is 0. The lowest BCUT2D eigenvalue weighted by atomic mass is 10.1. The van der Waals surface area contributed by atoms with E-state index in [1.165, 1.54) is 0 Å². The molecule has 0 aliphatic heterocycles. The fourth-order valence-corrected chi connectivity index (χ4v) is 1.86. The Morgan fingerprint density at radius 1 is 1.16 bits per heavy atom. The van der Waals surface area contributed by atoms with Gasteiger partial charge in [-0.25, -0.2) is 14.8 Å². The van der Waals surface area contributed by atoms with Crippen molar-refractivity contribution in [1.29, 1.82) is 0 Å². The second kappa shape index (κ2) is 5.06. The summed E-state index contributed by atoms with van der Waals surface area (Å²) in [5, 5.41) is 12.2. The van der Waals surface area contributed by atoms with Gasteiger partial charge in [-0.1, -0.05) is 6.07 Å². The van der Waals surface area contributed by atoms with Crippen molar-refractivity contribution in [1.82, 2.24) is 9.97 Å². The first kappa shape index (κ1) is 13.0. The van der Waals surface area contributed by atoms with Gasteiger partial charge >= 0.3 is 5.97 Å². The molecular formula is C14H15N3O2. The molecule has 0 bridgehead atoms. The Labute approximate surface area is 111 Å². The molecule has 0 aliphatic rings. The molecule has 0 fully saturated rings. The molecule has 98 valence electrons. The normalized spacial score (nSPS) is 10.3. The molecule has 1 aromatic carbocycles. The standard InChI is InChI=1S/C14H15N3O2/c1-8-4-5-11(7-12(8)14(18)19)17-13-6-9(2)15-10(3)16-13/h4-7H,1-3H3,(H,18,19)(H,15,16,17). The molecule has 1 aromatic heterocycles. The number of hydrogen-bond acceptors (Lipinski definition) is 4. The number of nitrogens with one attached hydrogen (secondary N) is 1. The van der Waals surface area contributed by atoms with Crippen molar-refractivity contribution in [2.75, 3.05) is 5.32 Å². The van der Waals surface area contributed by atoms with Gasteiger partial charge in [-0.3, -0.25) is 0 Å². The molecule has 19 heavy (non-hydrogen) atoms. The van der Waals surface area contributed by atoms with Crippen LogP contribution in [0, 0.1) is 20.8 Å². The van der Waals surface area contributed by atoms with Crippen LogP contribution in [0.3, 0.4) is 0 Å². The molecule has 2 N–H and O–H groups in total. The van der Waals surface area contributed by atoms with E-state index < -0.39 is 5.97 Å². The molecule has 5 nitrogen and oxygen atoms in total. The Morgan fingerprint density at radius 2 is 1.89 bits per heavy atom. The third kappa shape index (κ3) is 3.07. The lowest BCUT2D eigenvalue weighted by Crippen LogP contribution is -2.03. The van der Waals surface area contributed by atoms with Crippen LogP contribution in [-0.2, 0) is 0 Å². The summed E-state index contributed by atoms with van der Waals surface area (Å²) in [4.78, 5) is 19.5. The summed E-state index contributed by atoms with van der Waals surface area (Å²) < 4.78 is 0. The van der Waals surface area contributed by atoms with E-state index >= 15 is 0 Å². The minimum Gasteiger partial charge on any atom is -0.478 e. The molecule has 2 rings (SSSR count). The molecule has 1 heterocycles. The molecule has 5 heteroatoms. The Kier molecular flexibility index (Phi) is 3.46. The zero-order chi connectivity index (χ0) is 14.0. The zero-order valence-electron chi connectivity index (χ0n) is 11.1. The first-order chi connectivity index (χ1) is 8.95. The van der Waals surface area contributed by atoms with Crippen LogP contribution in [0.5, 0.6) is 0 Å². The largest absolute Gasteiger partial charge is 0.478 e. The number of anilines is 2. The van der Waals surface area contributed by atoms with Crippen LogP contribution in [0.4, 0.5) is 11.5 Å². The topological polar surface area (TPSA) is 75.1 Å². The van der Waals surface area contributed by atoms with Gasteiger partial charge in [0.2, 0.25) is 0 Å². The number of carboxylic acids is 1. The number of hydrogen-bond donors (Lipinski definition) is 2. The average molecular weight is 257 g/mol. The van der Waals surface area contributed by atoms with E-state index in [4.69, 9.17) is 5.11 Å². The summed E-state index contributed by atoms with van der Waals surface area (Å²) in [6.45, 7) is 5.47. The van der Waals surface area contributed by atoms with Crippen molar-refractivity contribution in [3.63, 3.8) is 0 Å². The van der Waals surface area contributed by atoms with Crippen LogP contribution < -0.4 is 5.32 Å². The molecule has 2 aromatic rings. The van der Waals surface area contributed by atoms with Crippen molar-refractivity contribution >= 4 is 17.5 Å². The molecule has 0 spiro atoms. The van der Waals surface area contributed by atoms with E-state index in [2.05, 4.69) is 15.3 Å². The highest BCUT2D eigenvalue weighted by Gasteiger charge is 2.08. The van der Waals surface area contributed by atoms with Crippen molar-refractivity contribution in [2.45, 2.75) is 20.8 Å². The summed E-state index contributed by atoms with van der Waals surface area (Å²) in [5.41, 5.74) is 2.57. The minimum atomic E-state index is -0.934. The maximum atomic E-state index is 11.1. The van der Waals surface area contributed by atoms with Gasteiger partial charge in [-0.05, 0) is 38.5 Å². The number of benzene rings is 1. The maximum absolute atomic E-state index is 11.1. The lowest BCUT2D eigenvalue weighted by molar-refractivity contribution is 0.0696. The number of carbonyl (C=O) groups is 1. The van der Waals surface area contributed by atoms with Gasteiger partial charge in [0.15, 0.2) is 0 Å². The molecule has 0 amide bonds. The van der Waals surface area contributed by atoms with Crippen LogP contribution in [0.2, 0.25) is 0 Å². The van der Waals surface area contributed by atoms with Crippen molar-refractivity contribution in [3.05, 3.63) is 46.9 Å². The molecular weight excluding hydrogens is 242 g/mol. The maximum Gasteiger partial charge on any atom is 0.336 e.